The van der Waals surface area contributed by atoms with Gasteiger partial charge in [-0.05, 0) is 18.2 Å². The normalized spacial score (nSPS) is 10.5. The van der Waals surface area contributed by atoms with Gasteiger partial charge in [-0.15, -0.1) is 0 Å². The zero-order valence-electron chi connectivity index (χ0n) is 5.36. The third-order valence-electron chi connectivity index (χ3n) is 1.09. The molecule has 0 saturated heterocycles. The van der Waals surface area contributed by atoms with Crippen LogP contribution in [0.1, 0.15) is 0 Å². The topological polar surface area (TPSA) is 54.4 Å². The van der Waals surface area contributed by atoms with E-state index in [2.05, 4.69) is 0 Å². The van der Waals surface area contributed by atoms with Crippen molar-refractivity contribution >= 4 is 51.3 Å². The molecular weight excluding hydrogens is 211 g/mol. The SMILES string of the molecule is O=S(=O)(O)c1cccc(Cl)c1.[NaH]. The second-order valence-corrected chi connectivity index (χ2v) is 3.79. The van der Waals surface area contributed by atoms with Crippen LogP contribution in [0.2, 0.25) is 5.02 Å². The van der Waals surface area contributed by atoms with Crippen molar-refractivity contribution in [1.29, 1.82) is 0 Å². The van der Waals surface area contributed by atoms with Crippen LogP contribution in [0, 0.1) is 0 Å². The van der Waals surface area contributed by atoms with Gasteiger partial charge in [0.1, 0.15) is 0 Å². The van der Waals surface area contributed by atoms with Crippen LogP contribution in [0.15, 0.2) is 29.2 Å². The van der Waals surface area contributed by atoms with E-state index >= 15 is 0 Å². The van der Waals surface area contributed by atoms with Gasteiger partial charge in [0.25, 0.3) is 10.1 Å². The molecule has 0 bridgehead atoms. The summed E-state index contributed by atoms with van der Waals surface area (Å²) in [7, 11) is -4.11. The quantitative estimate of drug-likeness (QED) is 0.562. The van der Waals surface area contributed by atoms with Gasteiger partial charge in [0.05, 0.1) is 4.90 Å². The first-order chi connectivity index (χ1) is 5.00. The van der Waals surface area contributed by atoms with Gasteiger partial charge in [0.15, 0.2) is 0 Å². The molecule has 0 aliphatic rings. The van der Waals surface area contributed by atoms with Crippen LogP contribution in [0.25, 0.3) is 0 Å². The molecule has 1 N–H and O–H groups in total. The Bertz CT molecular complexity index is 363. The fourth-order valence-corrected chi connectivity index (χ4v) is 1.41. The van der Waals surface area contributed by atoms with E-state index in [-0.39, 0.29) is 39.5 Å². The Balaban J connectivity index is 0.00000121. The van der Waals surface area contributed by atoms with Crippen LogP contribution in [0.5, 0.6) is 0 Å². The van der Waals surface area contributed by atoms with Crippen LogP contribution in [-0.2, 0) is 10.1 Å². The summed E-state index contributed by atoms with van der Waals surface area (Å²) < 4.78 is 29.5. The van der Waals surface area contributed by atoms with Crippen molar-refractivity contribution in [3.63, 3.8) is 0 Å². The summed E-state index contributed by atoms with van der Waals surface area (Å²) in [5.74, 6) is 0. The summed E-state index contributed by atoms with van der Waals surface area (Å²) in [6.45, 7) is 0. The fourth-order valence-electron chi connectivity index (χ4n) is 0.627. The van der Waals surface area contributed by atoms with Crippen LogP contribution >= 0.6 is 11.6 Å². The maximum absolute atomic E-state index is 10.5. The van der Waals surface area contributed by atoms with Gasteiger partial charge in [-0.25, -0.2) is 0 Å². The number of rotatable bonds is 1. The van der Waals surface area contributed by atoms with E-state index in [9.17, 15) is 8.42 Å². The Morgan fingerprint density at radius 3 is 2.25 bits per heavy atom. The molecule has 0 radical (unpaired) electrons. The number of halogens is 1. The molecule has 3 nitrogen and oxygen atoms in total. The Hall–Kier alpha value is 0.420. The van der Waals surface area contributed by atoms with Gasteiger partial charge in [0, 0.05) is 5.02 Å². The molecule has 0 spiro atoms. The molecule has 62 valence electrons. The van der Waals surface area contributed by atoms with E-state index < -0.39 is 10.1 Å². The minimum absolute atomic E-state index is 0. The van der Waals surface area contributed by atoms with E-state index in [0.717, 1.165) is 0 Å². The van der Waals surface area contributed by atoms with Gasteiger partial charge in [-0.3, -0.25) is 4.55 Å². The Morgan fingerprint density at radius 2 is 1.92 bits per heavy atom. The number of benzene rings is 1. The molecule has 0 aliphatic heterocycles. The fraction of sp³-hybridized carbons (Fsp3) is 0. The molecule has 0 aliphatic carbocycles. The molecule has 0 atom stereocenters. The third-order valence-corrected chi connectivity index (χ3v) is 2.18. The van der Waals surface area contributed by atoms with Crippen LogP contribution < -0.4 is 0 Å². The summed E-state index contributed by atoms with van der Waals surface area (Å²) in [6, 6.07) is 5.42. The number of hydrogen-bond donors (Lipinski definition) is 1. The average Bonchev–Trinajstić information content (AvgIpc) is 1.86. The average molecular weight is 217 g/mol. The Morgan fingerprint density at radius 1 is 1.33 bits per heavy atom. The van der Waals surface area contributed by atoms with Crippen molar-refractivity contribution in [2.75, 3.05) is 0 Å². The van der Waals surface area contributed by atoms with Crippen molar-refractivity contribution in [3.8, 4) is 0 Å². The molecule has 0 fully saturated rings. The van der Waals surface area contributed by atoms with Gasteiger partial charge in [0.2, 0.25) is 0 Å². The Labute approximate surface area is 97.8 Å². The van der Waals surface area contributed by atoms with Gasteiger partial charge in [-0.1, -0.05) is 17.7 Å². The first kappa shape index (κ1) is 12.4. The summed E-state index contributed by atoms with van der Waals surface area (Å²) in [6.07, 6.45) is 0. The first-order valence-corrected chi connectivity index (χ1v) is 4.55. The summed E-state index contributed by atoms with van der Waals surface area (Å²) in [4.78, 5) is -0.190. The van der Waals surface area contributed by atoms with Crippen molar-refractivity contribution in [2.45, 2.75) is 4.90 Å². The van der Waals surface area contributed by atoms with Crippen molar-refractivity contribution < 1.29 is 13.0 Å². The van der Waals surface area contributed by atoms with E-state index in [0.29, 0.717) is 0 Å². The first-order valence-electron chi connectivity index (χ1n) is 2.73. The Kier molecular flexibility index (Phi) is 4.76. The van der Waals surface area contributed by atoms with Crippen molar-refractivity contribution in [2.24, 2.45) is 0 Å². The molecular formula is C6H6ClNaO3S. The summed E-state index contributed by atoms with van der Waals surface area (Å²) in [5, 5.41) is 0.278. The molecule has 0 aromatic heterocycles. The van der Waals surface area contributed by atoms with E-state index in [1.807, 2.05) is 0 Å². The molecule has 1 rings (SSSR count). The standard InChI is InChI=1S/C6H5ClO3S.Na.H/c7-5-2-1-3-6(4-5)11(8,9)10;;/h1-4H,(H,8,9,10);;. The molecule has 0 saturated carbocycles. The molecule has 12 heavy (non-hydrogen) atoms. The van der Waals surface area contributed by atoms with E-state index in [1.165, 1.54) is 24.3 Å². The molecule has 1 aromatic rings. The zero-order valence-corrected chi connectivity index (χ0v) is 6.93. The van der Waals surface area contributed by atoms with Crippen molar-refractivity contribution in [1.82, 2.24) is 0 Å². The second kappa shape index (κ2) is 4.60. The van der Waals surface area contributed by atoms with Gasteiger partial charge in [-0.2, -0.15) is 8.42 Å². The molecule has 0 amide bonds. The second-order valence-electron chi connectivity index (χ2n) is 1.93. The predicted octanol–water partition coefficient (Wildman–Crippen LogP) is 0.938. The number of hydrogen-bond acceptors (Lipinski definition) is 2. The van der Waals surface area contributed by atoms with Crippen LogP contribution in [0.4, 0.5) is 0 Å². The minimum atomic E-state index is -4.11. The maximum atomic E-state index is 10.5. The van der Waals surface area contributed by atoms with Gasteiger partial charge >= 0.3 is 29.6 Å². The monoisotopic (exact) mass is 216 g/mol. The zero-order chi connectivity index (χ0) is 8.48. The van der Waals surface area contributed by atoms with E-state index in [1.54, 1.807) is 0 Å². The van der Waals surface area contributed by atoms with Crippen molar-refractivity contribution in [3.05, 3.63) is 29.3 Å². The van der Waals surface area contributed by atoms with Gasteiger partial charge < -0.3 is 0 Å². The van der Waals surface area contributed by atoms with Crippen LogP contribution in [-0.4, -0.2) is 42.5 Å². The third kappa shape index (κ3) is 3.43. The predicted molar refractivity (Wildman–Crippen MR) is 48.4 cm³/mol. The summed E-state index contributed by atoms with van der Waals surface area (Å²) in [5.41, 5.74) is 0. The molecule has 6 heteroatoms. The summed E-state index contributed by atoms with van der Waals surface area (Å²) >= 11 is 5.48. The molecule has 0 unspecified atom stereocenters. The van der Waals surface area contributed by atoms with Crippen LogP contribution in [0.3, 0.4) is 0 Å². The molecule has 0 heterocycles. The molecule has 1 aromatic carbocycles. The van der Waals surface area contributed by atoms with E-state index in [4.69, 9.17) is 16.2 Å².